The molecule has 7 nitrogen and oxygen atoms in total. The number of ether oxygens (including phenoxy) is 1. The van der Waals surface area contributed by atoms with Crippen LogP contribution in [0.4, 0.5) is 0 Å². The first-order chi connectivity index (χ1) is 15.8. The monoisotopic (exact) mass is 481 g/mol. The number of hydrogen-bond donors (Lipinski definition) is 3. The van der Waals surface area contributed by atoms with Gasteiger partial charge < -0.3 is 15.8 Å². The number of hydrogen-bond acceptors (Lipinski definition) is 7. The van der Waals surface area contributed by atoms with Crippen LogP contribution in [0.2, 0.25) is 0 Å². The lowest BCUT2D eigenvalue weighted by Gasteiger charge is -2.49. The van der Waals surface area contributed by atoms with Gasteiger partial charge in [-0.1, -0.05) is 20.8 Å². The standard InChI is InChI=1S/C25H47N5O2S/c1-25(2,3)24-28-18(16-33-24)19(15-21(26)31)29-11-6-12-30(14-13-29)23-20(32-4)9-8-17-7-5-10-27-22(17)23/h17-20,22-24,27-28H,5-16H2,1-4H3,(H2,26,31). The molecule has 8 heteroatoms. The molecule has 1 amide bonds. The molecule has 3 aliphatic heterocycles. The van der Waals surface area contributed by atoms with Crippen molar-refractivity contribution in [1.82, 2.24) is 20.4 Å². The zero-order chi connectivity index (χ0) is 23.6. The first kappa shape index (κ1) is 25.7. The molecule has 0 spiro atoms. The van der Waals surface area contributed by atoms with Crippen LogP contribution in [0, 0.1) is 11.3 Å². The van der Waals surface area contributed by atoms with Gasteiger partial charge in [-0.05, 0) is 63.1 Å². The summed E-state index contributed by atoms with van der Waals surface area (Å²) in [6, 6.07) is 1.48. The van der Waals surface area contributed by atoms with Gasteiger partial charge >= 0.3 is 0 Å². The van der Waals surface area contributed by atoms with Gasteiger partial charge in [0.15, 0.2) is 0 Å². The molecule has 3 heterocycles. The average Bonchev–Trinajstić information content (AvgIpc) is 3.16. The largest absolute Gasteiger partial charge is 0.380 e. The van der Waals surface area contributed by atoms with Gasteiger partial charge in [0, 0.05) is 50.5 Å². The van der Waals surface area contributed by atoms with E-state index in [1.807, 2.05) is 18.9 Å². The van der Waals surface area contributed by atoms with E-state index >= 15 is 0 Å². The lowest BCUT2D eigenvalue weighted by Crippen LogP contribution is -2.63. The fraction of sp³-hybridized carbons (Fsp3) is 0.960. The predicted molar refractivity (Wildman–Crippen MR) is 136 cm³/mol. The molecule has 7 unspecified atom stereocenters. The van der Waals surface area contributed by atoms with Gasteiger partial charge in [0.25, 0.3) is 0 Å². The van der Waals surface area contributed by atoms with Crippen molar-refractivity contribution in [3.8, 4) is 0 Å². The van der Waals surface area contributed by atoms with Crippen molar-refractivity contribution < 1.29 is 9.53 Å². The molecular weight excluding hydrogens is 434 g/mol. The molecule has 190 valence electrons. The quantitative estimate of drug-likeness (QED) is 0.534. The molecular formula is C25H47N5O2S. The second-order valence-electron chi connectivity index (χ2n) is 11.7. The third kappa shape index (κ3) is 6.07. The van der Waals surface area contributed by atoms with Gasteiger partial charge in [-0.25, -0.2) is 0 Å². The Hall–Kier alpha value is -0.380. The number of methoxy groups -OCH3 is 1. The summed E-state index contributed by atoms with van der Waals surface area (Å²) < 4.78 is 6.03. The van der Waals surface area contributed by atoms with E-state index in [1.165, 1.54) is 25.7 Å². The summed E-state index contributed by atoms with van der Waals surface area (Å²) in [6.07, 6.45) is 6.99. The van der Waals surface area contributed by atoms with Gasteiger partial charge in [0.2, 0.25) is 5.91 Å². The normalized spacial score (nSPS) is 37.9. The maximum Gasteiger partial charge on any atom is 0.219 e. The second kappa shape index (κ2) is 11.1. The van der Waals surface area contributed by atoms with Gasteiger partial charge in [0.05, 0.1) is 17.5 Å². The van der Waals surface area contributed by atoms with Crippen molar-refractivity contribution in [2.75, 3.05) is 45.6 Å². The predicted octanol–water partition coefficient (Wildman–Crippen LogP) is 1.86. The molecule has 1 saturated carbocycles. The molecule has 33 heavy (non-hydrogen) atoms. The molecule has 0 bridgehead atoms. The molecule has 0 aromatic rings. The van der Waals surface area contributed by atoms with Crippen molar-refractivity contribution in [2.24, 2.45) is 17.1 Å². The van der Waals surface area contributed by atoms with Crippen LogP contribution in [-0.4, -0.2) is 96.9 Å². The minimum Gasteiger partial charge on any atom is -0.380 e. The zero-order valence-corrected chi connectivity index (χ0v) is 22.0. The van der Waals surface area contributed by atoms with E-state index in [0.717, 1.165) is 50.8 Å². The number of carbonyl (C=O) groups excluding carboxylic acids is 1. The molecule has 7 atom stereocenters. The Morgan fingerprint density at radius 1 is 1.15 bits per heavy atom. The third-order valence-electron chi connectivity index (χ3n) is 8.44. The van der Waals surface area contributed by atoms with Crippen LogP contribution < -0.4 is 16.4 Å². The minimum absolute atomic E-state index is 0.174. The first-order valence-electron chi connectivity index (χ1n) is 13.2. The van der Waals surface area contributed by atoms with Crippen LogP contribution >= 0.6 is 11.8 Å². The third-order valence-corrected chi connectivity index (χ3v) is 10.2. The van der Waals surface area contributed by atoms with Crippen LogP contribution in [0.25, 0.3) is 0 Å². The van der Waals surface area contributed by atoms with Crippen molar-refractivity contribution >= 4 is 17.7 Å². The number of nitrogens with two attached hydrogens (primary N) is 1. The summed E-state index contributed by atoms with van der Waals surface area (Å²) in [7, 11) is 1.89. The Labute approximate surface area is 205 Å². The van der Waals surface area contributed by atoms with Gasteiger partial charge in [-0.3, -0.25) is 19.9 Å². The summed E-state index contributed by atoms with van der Waals surface area (Å²) in [6.45, 7) is 12.2. The van der Waals surface area contributed by atoms with Gasteiger partial charge in [-0.2, -0.15) is 0 Å². The Kier molecular flexibility index (Phi) is 8.67. The summed E-state index contributed by atoms with van der Waals surface area (Å²) in [5, 5.41) is 8.14. The summed E-state index contributed by atoms with van der Waals surface area (Å²) in [4.78, 5) is 17.3. The van der Waals surface area contributed by atoms with E-state index in [2.05, 4.69) is 41.2 Å². The second-order valence-corrected chi connectivity index (χ2v) is 12.9. The Morgan fingerprint density at radius 2 is 1.97 bits per heavy atom. The van der Waals surface area contributed by atoms with Crippen LogP contribution in [0.15, 0.2) is 0 Å². The topological polar surface area (TPSA) is 82.9 Å². The van der Waals surface area contributed by atoms with Crippen LogP contribution in [0.3, 0.4) is 0 Å². The number of primary amides is 1. The SMILES string of the molecule is COC1CCC2CCCNC2C1N1CCCN(C(CC(N)=O)C2CSC(C(C)(C)C)N2)CC1. The van der Waals surface area contributed by atoms with E-state index in [4.69, 9.17) is 10.5 Å². The summed E-state index contributed by atoms with van der Waals surface area (Å²) >= 11 is 2.00. The smallest absolute Gasteiger partial charge is 0.219 e. The summed E-state index contributed by atoms with van der Waals surface area (Å²) in [5.74, 6) is 1.64. The van der Waals surface area contributed by atoms with Crippen molar-refractivity contribution in [1.29, 1.82) is 0 Å². The number of piperidine rings is 1. The van der Waals surface area contributed by atoms with E-state index in [1.54, 1.807) is 0 Å². The van der Waals surface area contributed by atoms with Crippen molar-refractivity contribution in [3.05, 3.63) is 0 Å². The van der Waals surface area contributed by atoms with Crippen LogP contribution in [0.1, 0.15) is 59.3 Å². The minimum atomic E-state index is -0.187. The summed E-state index contributed by atoms with van der Waals surface area (Å²) in [5.41, 5.74) is 5.95. The molecule has 0 radical (unpaired) electrons. The number of thioether (sulfide) groups is 1. The highest BCUT2D eigenvalue weighted by Crippen LogP contribution is 2.37. The lowest BCUT2D eigenvalue weighted by atomic mass is 9.74. The molecule has 0 aromatic carbocycles. The number of carbonyl (C=O) groups is 1. The number of fused-ring (bicyclic) bond motifs is 1. The molecule has 4 fully saturated rings. The maximum atomic E-state index is 12.1. The van der Waals surface area contributed by atoms with Gasteiger partial charge in [0.1, 0.15) is 0 Å². The molecule has 0 aromatic heterocycles. The Balaban J connectivity index is 1.44. The van der Waals surface area contributed by atoms with Crippen molar-refractivity contribution in [2.45, 2.75) is 94.9 Å². The number of nitrogens with zero attached hydrogens (tertiary/aromatic N) is 2. The van der Waals surface area contributed by atoms with Crippen LogP contribution in [0.5, 0.6) is 0 Å². The van der Waals surface area contributed by atoms with Crippen LogP contribution in [-0.2, 0) is 9.53 Å². The van der Waals surface area contributed by atoms with Gasteiger partial charge in [-0.15, -0.1) is 11.8 Å². The van der Waals surface area contributed by atoms with E-state index in [-0.39, 0.29) is 17.4 Å². The molecule has 1 aliphatic carbocycles. The fourth-order valence-electron chi connectivity index (χ4n) is 6.73. The highest BCUT2D eigenvalue weighted by atomic mass is 32.2. The fourth-order valence-corrected chi connectivity index (χ4v) is 8.22. The highest BCUT2D eigenvalue weighted by Gasteiger charge is 2.45. The molecule has 4 rings (SSSR count). The number of rotatable bonds is 6. The molecule has 3 saturated heterocycles. The Morgan fingerprint density at radius 3 is 2.67 bits per heavy atom. The number of nitrogens with one attached hydrogen (secondary N) is 2. The number of amides is 1. The molecule has 4 N–H and O–H groups in total. The zero-order valence-electron chi connectivity index (χ0n) is 21.2. The Bertz CT molecular complexity index is 659. The molecule has 4 aliphatic rings. The van der Waals surface area contributed by atoms with E-state index in [0.29, 0.717) is 36.0 Å². The van der Waals surface area contributed by atoms with Crippen molar-refractivity contribution in [3.63, 3.8) is 0 Å². The lowest BCUT2D eigenvalue weighted by molar-refractivity contribution is -0.119. The average molecular weight is 482 g/mol. The highest BCUT2D eigenvalue weighted by molar-refractivity contribution is 8.00. The maximum absolute atomic E-state index is 12.1. The van der Waals surface area contributed by atoms with E-state index < -0.39 is 0 Å². The van der Waals surface area contributed by atoms with E-state index in [9.17, 15) is 4.79 Å². The first-order valence-corrected chi connectivity index (χ1v) is 14.2.